The highest BCUT2D eigenvalue weighted by molar-refractivity contribution is 9.10. The van der Waals surface area contributed by atoms with Gasteiger partial charge < -0.3 is 5.32 Å². The lowest BCUT2D eigenvalue weighted by molar-refractivity contribution is 1.00. The predicted molar refractivity (Wildman–Crippen MR) is 77.3 cm³/mol. The minimum Gasteiger partial charge on any atom is -0.369 e. The summed E-state index contributed by atoms with van der Waals surface area (Å²) in [6.45, 7) is 2.82. The van der Waals surface area contributed by atoms with Crippen LogP contribution in [0.3, 0.4) is 0 Å². The SMILES string of the molecule is CCNc1ncnc(Sc2ccc(Cl)cn2)c1Br. The number of pyridine rings is 1. The van der Waals surface area contributed by atoms with Crippen LogP contribution in [-0.4, -0.2) is 21.5 Å². The van der Waals surface area contributed by atoms with Gasteiger partial charge >= 0.3 is 0 Å². The molecule has 0 aromatic carbocycles. The lowest BCUT2D eigenvalue weighted by atomic mass is 10.5. The second-order valence-corrected chi connectivity index (χ2v) is 5.53. The van der Waals surface area contributed by atoms with E-state index < -0.39 is 0 Å². The van der Waals surface area contributed by atoms with E-state index in [2.05, 4.69) is 36.2 Å². The van der Waals surface area contributed by atoms with Crippen LogP contribution >= 0.6 is 39.3 Å². The molecule has 0 unspecified atom stereocenters. The van der Waals surface area contributed by atoms with Gasteiger partial charge in [-0.2, -0.15) is 0 Å². The Balaban J connectivity index is 2.23. The van der Waals surface area contributed by atoms with Crippen LogP contribution in [0.25, 0.3) is 0 Å². The number of nitrogens with zero attached hydrogens (tertiary/aromatic N) is 3. The van der Waals surface area contributed by atoms with Crippen molar-refractivity contribution in [2.45, 2.75) is 17.0 Å². The molecule has 0 saturated heterocycles. The fourth-order valence-electron chi connectivity index (χ4n) is 1.24. The van der Waals surface area contributed by atoms with Crippen LogP contribution in [0.5, 0.6) is 0 Å². The molecule has 2 aromatic rings. The Morgan fingerprint density at radius 3 is 2.83 bits per heavy atom. The van der Waals surface area contributed by atoms with E-state index in [1.807, 2.05) is 13.0 Å². The van der Waals surface area contributed by atoms with Crippen molar-refractivity contribution in [1.82, 2.24) is 15.0 Å². The van der Waals surface area contributed by atoms with Crippen molar-refractivity contribution in [1.29, 1.82) is 0 Å². The standard InChI is InChI=1S/C11H10BrClN4S/c1-2-14-10-9(12)11(17-6-16-10)18-8-4-3-7(13)5-15-8/h3-6H,2H2,1H3,(H,14,16,17). The third-order valence-corrected chi connectivity index (χ3v) is 4.19. The van der Waals surface area contributed by atoms with Crippen molar-refractivity contribution in [2.75, 3.05) is 11.9 Å². The molecule has 94 valence electrons. The molecule has 0 spiro atoms. The number of aromatic nitrogens is 3. The van der Waals surface area contributed by atoms with Gasteiger partial charge in [0.05, 0.1) is 9.50 Å². The Morgan fingerprint density at radius 2 is 2.17 bits per heavy atom. The van der Waals surface area contributed by atoms with Gasteiger partial charge in [0.1, 0.15) is 22.2 Å². The first-order valence-electron chi connectivity index (χ1n) is 5.24. The summed E-state index contributed by atoms with van der Waals surface area (Å²) in [6.07, 6.45) is 3.14. The number of hydrogen-bond donors (Lipinski definition) is 1. The zero-order valence-electron chi connectivity index (χ0n) is 9.52. The molecule has 0 aliphatic heterocycles. The van der Waals surface area contributed by atoms with E-state index in [-0.39, 0.29) is 0 Å². The molecule has 0 atom stereocenters. The van der Waals surface area contributed by atoms with Gasteiger partial charge in [-0.25, -0.2) is 15.0 Å². The molecule has 2 aromatic heterocycles. The quantitative estimate of drug-likeness (QED) is 0.852. The number of hydrogen-bond acceptors (Lipinski definition) is 5. The molecule has 7 heteroatoms. The number of halogens is 2. The topological polar surface area (TPSA) is 50.7 Å². The first-order chi connectivity index (χ1) is 8.70. The highest BCUT2D eigenvalue weighted by atomic mass is 79.9. The number of anilines is 1. The van der Waals surface area contributed by atoms with Gasteiger partial charge in [-0.15, -0.1) is 0 Å². The van der Waals surface area contributed by atoms with E-state index in [1.54, 1.807) is 12.3 Å². The highest BCUT2D eigenvalue weighted by Gasteiger charge is 2.10. The molecule has 0 aliphatic rings. The lowest BCUT2D eigenvalue weighted by Crippen LogP contribution is -2.01. The third kappa shape index (κ3) is 3.34. The van der Waals surface area contributed by atoms with E-state index in [0.29, 0.717) is 5.02 Å². The maximum atomic E-state index is 5.80. The monoisotopic (exact) mass is 344 g/mol. The molecular weight excluding hydrogens is 336 g/mol. The fraction of sp³-hybridized carbons (Fsp3) is 0.182. The van der Waals surface area contributed by atoms with Crippen molar-refractivity contribution in [3.8, 4) is 0 Å². The van der Waals surface area contributed by atoms with Crippen molar-refractivity contribution >= 4 is 45.1 Å². The lowest BCUT2D eigenvalue weighted by Gasteiger charge is -2.07. The molecular formula is C11H10BrClN4S. The maximum Gasteiger partial charge on any atom is 0.144 e. The van der Waals surface area contributed by atoms with E-state index in [0.717, 1.165) is 26.9 Å². The van der Waals surface area contributed by atoms with Crippen LogP contribution in [0.4, 0.5) is 5.82 Å². The average Bonchev–Trinajstić information content (AvgIpc) is 2.37. The minimum atomic E-state index is 0.620. The smallest absolute Gasteiger partial charge is 0.144 e. The molecule has 0 saturated carbocycles. The summed E-state index contributed by atoms with van der Waals surface area (Å²) in [4.78, 5) is 12.6. The summed E-state index contributed by atoms with van der Waals surface area (Å²) in [5.41, 5.74) is 0. The van der Waals surface area contributed by atoms with Gasteiger partial charge in [-0.3, -0.25) is 0 Å². The van der Waals surface area contributed by atoms with E-state index >= 15 is 0 Å². The minimum absolute atomic E-state index is 0.620. The Labute approximate surface area is 123 Å². The molecule has 0 aliphatic carbocycles. The van der Waals surface area contributed by atoms with Crippen molar-refractivity contribution in [3.05, 3.63) is 34.2 Å². The van der Waals surface area contributed by atoms with Gasteiger partial charge in [-0.05, 0) is 46.7 Å². The molecule has 0 amide bonds. The van der Waals surface area contributed by atoms with Gasteiger partial charge in [0.2, 0.25) is 0 Å². The molecule has 18 heavy (non-hydrogen) atoms. The number of rotatable bonds is 4. The average molecular weight is 346 g/mol. The first-order valence-corrected chi connectivity index (χ1v) is 7.23. The molecule has 0 fully saturated rings. The van der Waals surface area contributed by atoms with Gasteiger partial charge in [0, 0.05) is 12.7 Å². The first kappa shape index (κ1) is 13.6. The molecule has 0 bridgehead atoms. The predicted octanol–water partition coefficient (Wildman–Crippen LogP) is 3.87. The second kappa shape index (κ2) is 6.36. The van der Waals surface area contributed by atoms with E-state index in [1.165, 1.54) is 18.1 Å². The van der Waals surface area contributed by atoms with Crippen LogP contribution < -0.4 is 5.32 Å². The van der Waals surface area contributed by atoms with Crippen LogP contribution in [0.2, 0.25) is 5.02 Å². The summed E-state index contributed by atoms with van der Waals surface area (Å²) in [5.74, 6) is 0.781. The molecule has 2 rings (SSSR count). The highest BCUT2D eigenvalue weighted by Crippen LogP contribution is 2.33. The van der Waals surface area contributed by atoms with Crippen molar-refractivity contribution < 1.29 is 0 Å². The van der Waals surface area contributed by atoms with E-state index in [9.17, 15) is 0 Å². The summed E-state index contributed by atoms with van der Waals surface area (Å²) in [7, 11) is 0. The van der Waals surface area contributed by atoms with E-state index in [4.69, 9.17) is 11.6 Å². The van der Waals surface area contributed by atoms with Crippen molar-refractivity contribution in [3.63, 3.8) is 0 Å². The summed E-state index contributed by atoms with van der Waals surface area (Å²) in [6, 6.07) is 3.66. The molecule has 1 N–H and O–H groups in total. The zero-order valence-corrected chi connectivity index (χ0v) is 12.7. The summed E-state index contributed by atoms with van der Waals surface area (Å²) in [5, 5.41) is 5.43. The Bertz CT molecular complexity index is 535. The van der Waals surface area contributed by atoms with Crippen LogP contribution in [0.1, 0.15) is 6.92 Å². The van der Waals surface area contributed by atoms with Gasteiger partial charge in [0.15, 0.2) is 0 Å². The fourth-order valence-corrected chi connectivity index (χ4v) is 2.66. The number of nitrogens with one attached hydrogen (secondary N) is 1. The largest absolute Gasteiger partial charge is 0.369 e. The Morgan fingerprint density at radius 1 is 1.33 bits per heavy atom. The zero-order chi connectivity index (χ0) is 13.0. The Kier molecular flexibility index (Phi) is 4.79. The van der Waals surface area contributed by atoms with Crippen LogP contribution in [0.15, 0.2) is 39.2 Å². The van der Waals surface area contributed by atoms with Gasteiger partial charge in [-0.1, -0.05) is 11.6 Å². The normalized spacial score (nSPS) is 10.4. The Hall–Kier alpha value is -0.850. The van der Waals surface area contributed by atoms with Crippen molar-refractivity contribution in [2.24, 2.45) is 0 Å². The summed E-state index contributed by atoms with van der Waals surface area (Å²) >= 11 is 10.7. The third-order valence-electron chi connectivity index (χ3n) is 2.00. The molecule has 4 nitrogen and oxygen atoms in total. The molecule has 0 radical (unpaired) electrons. The maximum absolute atomic E-state index is 5.80. The van der Waals surface area contributed by atoms with Crippen LogP contribution in [-0.2, 0) is 0 Å². The molecule has 2 heterocycles. The summed E-state index contributed by atoms with van der Waals surface area (Å²) < 4.78 is 0.841. The van der Waals surface area contributed by atoms with Gasteiger partial charge in [0.25, 0.3) is 0 Å². The van der Waals surface area contributed by atoms with Crippen LogP contribution in [0, 0.1) is 0 Å². The second-order valence-electron chi connectivity index (χ2n) is 3.29.